The monoisotopic (exact) mass is 396 g/mol. The molecule has 4 N–H and O–H groups in total. The van der Waals surface area contributed by atoms with Crippen LogP contribution in [-0.2, 0) is 30.3 Å². The molecule has 1 aromatic rings. The van der Waals surface area contributed by atoms with Gasteiger partial charge in [0.25, 0.3) is 0 Å². The van der Waals surface area contributed by atoms with E-state index in [1.807, 2.05) is 0 Å². The van der Waals surface area contributed by atoms with Crippen LogP contribution in [0.3, 0.4) is 0 Å². The first kappa shape index (κ1) is 23.1. The zero-order chi connectivity index (χ0) is 21.3. The van der Waals surface area contributed by atoms with Gasteiger partial charge in [0.2, 0.25) is 0 Å². The minimum Gasteiger partial charge on any atom is -0.504 e. The summed E-state index contributed by atoms with van der Waals surface area (Å²) in [7, 11) is 1.05. The average molecular weight is 396 g/mol. The lowest BCUT2D eigenvalue weighted by atomic mass is 9.83. The van der Waals surface area contributed by atoms with Crippen LogP contribution in [0.1, 0.15) is 18.9 Å². The minimum absolute atomic E-state index is 0.0314. The lowest BCUT2D eigenvalue weighted by Gasteiger charge is -2.26. The normalized spacial score (nSPS) is 13.7. The molecule has 0 aromatic heterocycles. The Labute approximate surface area is 161 Å². The van der Waals surface area contributed by atoms with E-state index in [1.54, 1.807) is 6.07 Å². The molecule has 0 spiro atoms. The second kappa shape index (κ2) is 11.1. The standard InChI is InChI=1S/C19H24O9/c1-3-12(10-20)13(17(18(24)25)19(26)27-2)9-16(23)28-7-6-11-4-5-14(21)15(22)8-11/h3-5,8,10,13,17-18,21-22,24-25H,6-7,9H2,1-2H3/b12-3-. The van der Waals surface area contributed by atoms with E-state index >= 15 is 0 Å². The van der Waals surface area contributed by atoms with Gasteiger partial charge in [-0.2, -0.15) is 0 Å². The summed E-state index contributed by atoms with van der Waals surface area (Å²) >= 11 is 0. The van der Waals surface area contributed by atoms with Gasteiger partial charge in [0.15, 0.2) is 17.8 Å². The average Bonchev–Trinajstić information content (AvgIpc) is 2.65. The van der Waals surface area contributed by atoms with Crippen molar-refractivity contribution in [3.63, 3.8) is 0 Å². The summed E-state index contributed by atoms with van der Waals surface area (Å²) in [5.74, 6) is -4.99. The highest BCUT2D eigenvalue weighted by Gasteiger charge is 2.38. The van der Waals surface area contributed by atoms with Crippen LogP contribution >= 0.6 is 0 Å². The van der Waals surface area contributed by atoms with Crippen LogP contribution in [-0.4, -0.2) is 58.7 Å². The molecule has 0 aliphatic carbocycles. The molecule has 0 bridgehead atoms. The van der Waals surface area contributed by atoms with Gasteiger partial charge in [0.05, 0.1) is 20.1 Å². The van der Waals surface area contributed by atoms with Gasteiger partial charge in [-0.15, -0.1) is 0 Å². The summed E-state index contributed by atoms with van der Waals surface area (Å²) < 4.78 is 9.62. The minimum atomic E-state index is -2.14. The molecule has 0 heterocycles. The van der Waals surface area contributed by atoms with Crippen LogP contribution in [0.15, 0.2) is 29.8 Å². The highest BCUT2D eigenvalue weighted by atomic mass is 16.5. The maximum absolute atomic E-state index is 12.2. The van der Waals surface area contributed by atoms with Crippen molar-refractivity contribution in [2.24, 2.45) is 11.8 Å². The topological polar surface area (TPSA) is 151 Å². The van der Waals surface area contributed by atoms with Crippen LogP contribution in [0, 0.1) is 11.8 Å². The van der Waals surface area contributed by atoms with Gasteiger partial charge < -0.3 is 29.9 Å². The van der Waals surface area contributed by atoms with Crippen molar-refractivity contribution in [3.05, 3.63) is 35.4 Å². The van der Waals surface area contributed by atoms with Crippen molar-refractivity contribution in [3.8, 4) is 11.5 Å². The Morgan fingerprint density at radius 2 is 1.86 bits per heavy atom. The third-order valence-corrected chi connectivity index (χ3v) is 4.21. The van der Waals surface area contributed by atoms with Gasteiger partial charge in [-0.25, -0.2) is 0 Å². The third kappa shape index (κ3) is 6.36. The van der Waals surface area contributed by atoms with Gasteiger partial charge in [-0.05, 0) is 30.2 Å². The van der Waals surface area contributed by atoms with Gasteiger partial charge >= 0.3 is 11.9 Å². The predicted octanol–water partition coefficient (Wildman–Crippen LogP) is 0.435. The molecule has 0 saturated carbocycles. The maximum Gasteiger partial charge on any atom is 0.314 e. The molecular formula is C19H24O9. The summed E-state index contributed by atoms with van der Waals surface area (Å²) in [6, 6.07) is 4.17. The second-order valence-electron chi connectivity index (χ2n) is 5.97. The van der Waals surface area contributed by atoms with E-state index in [0.717, 1.165) is 7.11 Å². The zero-order valence-electron chi connectivity index (χ0n) is 15.6. The summed E-state index contributed by atoms with van der Waals surface area (Å²) in [5, 5.41) is 37.8. The van der Waals surface area contributed by atoms with Gasteiger partial charge in [-0.3, -0.25) is 14.4 Å². The fourth-order valence-corrected chi connectivity index (χ4v) is 2.70. The lowest BCUT2D eigenvalue weighted by Crippen LogP contribution is -2.38. The molecule has 0 fully saturated rings. The van der Waals surface area contributed by atoms with E-state index in [0.29, 0.717) is 11.8 Å². The van der Waals surface area contributed by atoms with Crippen molar-refractivity contribution in [1.29, 1.82) is 0 Å². The molecule has 0 aliphatic rings. The number of allylic oxidation sites excluding steroid dienone is 2. The number of phenolic OH excluding ortho intramolecular Hbond substituents is 2. The quantitative estimate of drug-likeness (QED) is 0.145. The number of aldehydes is 1. The van der Waals surface area contributed by atoms with E-state index < -0.39 is 36.5 Å². The maximum atomic E-state index is 12.2. The van der Waals surface area contributed by atoms with E-state index in [-0.39, 0.29) is 30.1 Å². The number of hydrogen-bond donors (Lipinski definition) is 4. The molecule has 2 atom stereocenters. The molecule has 9 nitrogen and oxygen atoms in total. The molecule has 0 radical (unpaired) electrons. The Balaban J connectivity index is 2.81. The Morgan fingerprint density at radius 3 is 2.36 bits per heavy atom. The van der Waals surface area contributed by atoms with Crippen molar-refractivity contribution >= 4 is 18.2 Å². The van der Waals surface area contributed by atoms with Crippen molar-refractivity contribution < 1.29 is 44.3 Å². The fourth-order valence-electron chi connectivity index (χ4n) is 2.70. The first-order valence-corrected chi connectivity index (χ1v) is 8.46. The molecule has 2 unspecified atom stereocenters. The van der Waals surface area contributed by atoms with Crippen molar-refractivity contribution in [2.45, 2.75) is 26.1 Å². The molecule has 154 valence electrons. The molecule has 0 saturated heterocycles. The van der Waals surface area contributed by atoms with Gasteiger partial charge in [-0.1, -0.05) is 12.1 Å². The first-order valence-electron chi connectivity index (χ1n) is 8.46. The van der Waals surface area contributed by atoms with E-state index in [4.69, 9.17) is 4.74 Å². The number of ether oxygens (including phenoxy) is 2. The second-order valence-corrected chi connectivity index (χ2v) is 5.97. The molecular weight excluding hydrogens is 372 g/mol. The molecule has 1 rings (SSSR count). The molecule has 28 heavy (non-hydrogen) atoms. The lowest BCUT2D eigenvalue weighted by molar-refractivity contribution is -0.167. The highest BCUT2D eigenvalue weighted by Crippen LogP contribution is 2.28. The largest absolute Gasteiger partial charge is 0.504 e. The molecule has 1 aromatic carbocycles. The fraction of sp³-hybridized carbons (Fsp3) is 0.421. The van der Waals surface area contributed by atoms with E-state index in [9.17, 15) is 34.8 Å². The number of rotatable bonds is 10. The number of methoxy groups -OCH3 is 1. The van der Waals surface area contributed by atoms with E-state index in [1.165, 1.54) is 25.1 Å². The number of carbonyl (C=O) groups is 3. The van der Waals surface area contributed by atoms with Crippen LogP contribution in [0.5, 0.6) is 11.5 Å². The summed E-state index contributed by atoms with van der Waals surface area (Å²) in [4.78, 5) is 35.3. The Morgan fingerprint density at radius 1 is 1.18 bits per heavy atom. The van der Waals surface area contributed by atoms with Crippen LogP contribution < -0.4 is 0 Å². The summed E-state index contributed by atoms with van der Waals surface area (Å²) in [6.45, 7) is 1.45. The van der Waals surface area contributed by atoms with Crippen molar-refractivity contribution in [2.75, 3.05) is 13.7 Å². The Kier molecular flexibility index (Phi) is 9.13. The van der Waals surface area contributed by atoms with Crippen LogP contribution in [0.25, 0.3) is 0 Å². The summed E-state index contributed by atoms with van der Waals surface area (Å²) in [5.41, 5.74) is 0.642. The SMILES string of the molecule is C/C=C(/C=O)C(CC(=O)OCCc1ccc(O)c(O)c1)C(C(=O)OC)C(O)O. The number of aliphatic hydroxyl groups excluding tert-OH is 1. The summed E-state index contributed by atoms with van der Waals surface area (Å²) in [6.07, 6.45) is -0.549. The number of esters is 2. The smallest absolute Gasteiger partial charge is 0.314 e. The van der Waals surface area contributed by atoms with Gasteiger partial charge in [0.1, 0.15) is 12.2 Å². The third-order valence-electron chi connectivity index (χ3n) is 4.21. The number of aliphatic hydroxyl groups is 2. The number of aromatic hydroxyl groups is 2. The number of benzene rings is 1. The van der Waals surface area contributed by atoms with Crippen LogP contribution in [0.2, 0.25) is 0 Å². The number of phenols is 2. The highest BCUT2D eigenvalue weighted by molar-refractivity contribution is 5.82. The van der Waals surface area contributed by atoms with Crippen LogP contribution in [0.4, 0.5) is 0 Å². The Bertz CT molecular complexity index is 724. The number of hydrogen-bond acceptors (Lipinski definition) is 9. The zero-order valence-corrected chi connectivity index (χ0v) is 15.6. The molecule has 0 aliphatic heterocycles. The Hall–Kier alpha value is -2.91. The molecule has 0 amide bonds. The van der Waals surface area contributed by atoms with E-state index in [2.05, 4.69) is 4.74 Å². The van der Waals surface area contributed by atoms with Gasteiger partial charge in [0, 0.05) is 12.3 Å². The number of carbonyl (C=O) groups excluding carboxylic acids is 3. The van der Waals surface area contributed by atoms with Crippen molar-refractivity contribution in [1.82, 2.24) is 0 Å². The first-order chi connectivity index (χ1) is 13.2. The molecule has 9 heteroatoms. The predicted molar refractivity (Wildman–Crippen MR) is 96.1 cm³/mol.